The van der Waals surface area contributed by atoms with Gasteiger partial charge >= 0.3 is 0 Å². The fourth-order valence-corrected chi connectivity index (χ4v) is 3.41. The van der Waals surface area contributed by atoms with E-state index in [2.05, 4.69) is 24.4 Å². The standard InChI is InChI=1S/C19H27NO3/c1-2-11-22-17-9-7-14(15-8-10-19(21)20-13-15)12-18(17)23-16-5-3-4-6-16/h7,9,12,15-16H,2-6,8,10-11,13H2,1H3,(H,20,21)/t15-/m1/s1. The van der Waals surface area contributed by atoms with Gasteiger partial charge in [0.25, 0.3) is 0 Å². The zero-order valence-corrected chi connectivity index (χ0v) is 14.0. The molecule has 1 aromatic rings. The van der Waals surface area contributed by atoms with Gasteiger partial charge in [-0.3, -0.25) is 4.79 Å². The predicted molar refractivity (Wildman–Crippen MR) is 90.1 cm³/mol. The summed E-state index contributed by atoms with van der Waals surface area (Å²) in [5, 5.41) is 2.96. The van der Waals surface area contributed by atoms with Crippen molar-refractivity contribution in [1.29, 1.82) is 0 Å². The van der Waals surface area contributed by atoms with Gasteiger partial charge in [0.1, 0.15) is 0 Å². The van der Waals surface area contributed by atoms with Crippen molar-refractivity contribution in [2.24, 2.45) is 0 Å². The Morgan fingerprint density at radius 2 is 2.00 bits per heavy atom. The average Bonchev–Trinajstić information content (AvgIpc) is 3.07. The van der Waals surface area contributed by atoms with Crippen molar-refractivity contribution in [2.75, 3.05) is 13.2 Å². The Balaban J connectivity index is 1.76. The molecule has 0 radical (unpaired) electrons. The highest BCUT2D eigenvalue weighted by Crippen LogP contribution is 2.36. The summed E-state index contributed by atoms with van der Waals surface area (Å²) in [4.78, 5) is 11.4. The summed E-state index contributed by atoms with van der Waals surface area (Å²) >= 11 is 0. The van der Waals surface area contributed by atoms with Crippen LogP contribution >= 0.6 is 0 Å². The van der Waals surface area contributed by atoms with Crippen molar-refractivity contribution in [3.63, 3.8) is 0 Å². The topological polar surface area (TPSA) is 47.6 Å². The van der Waals surface area contributed by atoms with Crippen LogP contribution in [0.25, 0.3) is 0 Å². The molecule has 0 bridgehead atoms. The number of rotatable bonds is 6. The van der Waals surface area contributed by atoms with E-state index in [1.54, 1.807) is 0 Å². The van der Waals surface area contributed by atoms with Gasteiger partial charge in [-0.05, 0) is 56.2 Å². The molecule has 1 atom stereocenters. The molecular weight excluding hydrogens is 290 g/mol. The Kier molecular flexibility index (Phi) is 5.42. The van der Waals surface area contributed by atoms with Crippen molar-refractivity contribution in [3.8, 4) is 11.5 Å². The monoisotopic (exact) mass is 317 g/mol. The second kappa shape index (κ2) is 7.71. The molecule has 1 aliphatic carbocycles. The highest BCUT2D eigenvalue weighted by molar-refractivity contribution is 5.76. The number of hydrogen-bond donors (Lipinski definition) is 1. The van der Waals surface area contributed by atoms with Gasteiger partial charge < -0.3 is 14.8 Å². The number of piperidine rings is 1. The van der Waals surface area contributed by atoms with Gasteiger partial charge in [0, 0.05) is 18.9 Å². The Labute approximate surface area is 138 Å². The molecule has 1 saturated heterocycles. The number of carbonyl (C=O) groups excluding carboxylic acids is 1. The lowest BCUT2D eigenvalue weighted by molar-refractivity contribution is -0.122. The molecule has 2 fully saturated rings. The number of ether oxygens (including phenoxy) is 2. The molecule has 3 rings (SSSR count). The van der Waals surface area contributed by atoms with Gasteiger partial charge in [-0.15, -0.1) is 0 Å². The molecule has 1 aromatic carbocycles. The second-order valence-electron chi connectivity index (χ2n) is 6.62. The van der Waals surface area contributed by atoms with Crippen molar-refractivity contribution in [2.45, 2.75) is 63.9 Å². The summed E-state index contributed by atoms with van der Waals surface area (Å²) in [6, 6.07) is 6.28. The highest BCUT2D eigenvalue weighted by Gasteiger charge is 2.23. The summed E-state index contributed by atoms with van der Waals surface area (Å²) in [5.41, 5.74) is 1.24. The first kappa shape index (κ1) is 16.2. The third-order valence-electron chi connectivity index (χ3n) is 4.76. The van der Waals surface area contributed by atoms with Crippen LogP contribution in [0.2, 0.25) is 0 Å². The van der Waals surface area contributed by atoms with E-state index >= 15 is 0 Å². The van der Waals surface area contributed by atoms with Crippen LogP contribution in [0.4, 0.5) is 0 Å². The quantitative estimate of drug-likeness (QED) is 0.868. The largest absolute Gasteiger partial charge is 0.490 e. The molecule has 0 spiro atoms. The number of benzene rings is 1. The summed E-state index contributed by atoms with van der Waals surface area (Å²) in [5.74, 6) is 2.26. The van der Waals surface area contributed by atoms with Crippen molar-refractivity contribution in [3.05, 3.63) is 23.8 Å². The van der Waals surface area contributed by atoms with E-state index in [4.69, 9.17) is 9.47 Å². The van der Waals surface area contributed by atoms with Gasteiger partial charge in [0.15, 0.2) is 11.5 Å². The van der Waals surface area contributed by atoms with Crippen LogP contribution in [-0.2, 0) is 4.79 Å². The van der Waals surface area contributed by atoms with E-state index in [9.17, 15) is 4.79 Å². The van der Waals surface area contributed by atoms with Crippen LogP contribution in [0.1, 0.15) is 63.4 Å². The van der Waals surface area contributed by atoms with Crippen LogP contribution in [0.3, 0.4) is 0 Å². The summed E-state index contributed by atoms with van der Waals surface area (Å²) in [6.07, 6.45) is 7.60. The molecule has 0 aromatic heterocycles. The molecule has 1 amide bonds. The van der Waals surface area contributed by atoms with Crippen LogP contribution < -0.4 is 14.8 Å². The highest BCUT2D eigenvalue weighted by atomic mass is 16.5. The minimum absolute atomic E-state index is 0.159. The lowest BCUT2D eigenvalue weighted by Gasteiger charge is -2.24. The maximum absolute atomic E-state index is 11.4. The molecule has 126 valence electrons. The van der Waals surface area contributed by atoms with Gasteiger partial charge in [-0.2, -0.15) is 0 Å². The Bertz CT molecular complexity index is 527. The smallest absolute Gasteiger partial charge is 0.220 e. The van der Waals surface area contributed by atoms with E-state index in [-0.39, 0.29) is 5.91 Å². The second-order valence-corrected chi connectivity index (χ2v) is 6.62. The lowest BCUT2D eigenvalue weighted by Crippen LogP contribution is -2.33. The molecule has 1 N–H and O–H groups in total. The van der Waals surface area contributed by atoms with E-state index in [1.807, 2.05) is 6.07 Å². The molecular formula is C19H27NO3. The van der Waals surface area contributed by atoms with Crippen LogP contribution in [0, 0.1) is 0 Å². The maximum atomic E-state index is 11.4. The first-order valence-corrected chi connectivity index (χ1v) is 8.96. The maximum Gasteiger partial charge on any atom is 0.220 e. The van der Waals surface area contributed by atoms with Gasteiger partial charge in [0.2, 0.25) is 5.91 Å². The molecule has 4 heteroatoms. The van der Waals surface area contributed by atoms with Gasteiger partial charge in [-0.1, -0.05) is 13.0 Å². The van der Waals surface area contributed by atoms with Gasteiger partial charge in [0.05, 0.1) is 12.7 Å². The van der Waals surface area contributed by atoms with Crippen LogP contribution in [0.5, 0.6) is 11.5 Å². The predicted octanol–water partition coefficient (Wildman–Crippen LogP) is 3.79. The number of nitrogens with one attached hydrogen (secondary N) is 1. The van der Waals surface area contributed by atoms with E-state index in [0.717, 1.165) is 43.7 Å². The van der Waals surface area contributed by atoms with E-state index in [0.29, 0.717) is 25.0 Å². The van der Waals surface area contributed by atoms with E-state index in [1.165, 1.54) is 18.4 Å². The Morgan fingerprint density at radius 3 is 2.70 bits per heavy atom. The van der Waals surface area contributed by atoms with Crippen LogP contribution in [-0.4, -0.2) is 25.2 Å². The third kappa shape index (κ3) is 4.18. The van der Waals surface area contributed by atoms with E-state index < -0.39 is 0 Å². The Morgan fingerprint density at radius 1 is 1.17 bits per heavy atom. The molecule has 1 aliphatic heterocycles. The molecule has 4 nitrogen and oxygen atoms in total. The normalized spacial score (nSPS) is 22.0. The summed E-state index contributed by atoms with van der Waals surface area (Å²) in [6.45, 7) is 3.54. The molecule has 1 saturated carbocycles. The van der Waals surface area contributed by atoms with Crippen molar-refractivity contribution in [1.82, 2.24) is 5.32 Å². The summed E-state index contributed by atoms with van der Waals surface area (Å²) in [7, 11) is 0. The minimum Gasteiger partial charge on any atom is -0.490 e. The fraction of sp³-hybridized carbons (Fsp3) is 0.632. The molecule has 1 heterocycles. The lowest BCUT2D eigenvalue weighted by atomic mass is 9.91. The molecule has 2 aliphatic rings. The first-order chi connectivity index (χ1) is 11.3. The zero-order valence-electron chi connectivity index (χ0n) is 14.0. The summed E-state index contributed by atoms with van der Waals surface area (Å²) < 4.78 is 12.1. The fourth-order valence-electron chi connectivity index (χ4n) is 3.41. The average molecular weight is 317 g/mol. The number of amides is 1. The van der Waals surface area contributed by atoms with Crippen molar-refractivity contribution >= 4 is 5.91 Å². The number of carbonyl (C=O) groups is 1. The zero-order chi connectivity index (χ0) is 16.1. The molecule has 0 unspecified atom stereocenters. The first-order valence-electron chi connectivity index (χ1n) is 8.96. The van der Waals surface area contributed by atoms with Gasteiger partial charge in [-0.25, -0.2) is 0 Å². The minimum atomic E-state index is 0.159. The number of hydrogen-bond acceptors (Lipinski definition) is 3. The van der Waals surface area contributed by atoms with Crippen molar-refractivity contribution < 1.29 is 14.3 Å². The SMILES string of the molecule is CCCOc1ccc([C@@H]2CCC(=O)NC2)cc1OC1CCCC1. The third-order valence-corrected chi connectivity index (χ3v) is 4.76. The molecule has 23 heavy (non-hydrogen) atoms. The van der Waals surface area contributed by atoms with Crippen LogP contribution in [0.15, 0.2) is 18.2 Å². The Hall–Kier alpha value is -1.71.